The van der Waals surface area contributed by atoms with Gasteiger partial charge in [-0.3, -0.25) is 4.79 Å². The lowest BCUT2D eigenvalue weighted by Crippen LogP contribution is -2.16. The maximum absolute atomic E-state index is 12.3. The summed E-state index contributed by atoms with van der Waals surface area (Å²) >= 11 is 3.36. The Hall–Kier alpha value is -1.88. The molecule has 0 bridgehead atoms. The number of carbonyl (C=O) groups is 1. The molecule has 1 amide bonds. The minimum atomic E-state index is -0.168. The number of hydrogen-bond acceptors (Lipinski definition) is 3. The van der Waals surface area contributed by atoms with E-state index in [9.17, 15) is 4.79 Å². The Kier molecular flexibility index (Phi) is 5.12. The summed E-state index contributed by atoms with van der Waals surface area (Å²) in [5.74, 6) is 0.447. The van der Waals surface area contributed by atoms with E-state index in [0.717, 1.165) is 23.1 Å². The Labute approximate surface area is 126 Å². The molecule has 4 nitrogen and oxygen atoms in total. The normalized spacial score (nSPS) is 10.1. The van der Waals surface area contributed by atoms with Crippen LogP contribution in [-0.2, 0) is 0 Å². The van der Waals surface area contributed by atoms with Gasteiger partial charge in [0.15, 0.2) is 0 Å². The van der Waals surface area contributed by atoms with E-state index >= 15 is 0 Å². The summed E-state index contributed by atoms with van der Waals surface area (Å²) in [5, 5.41) is 6.02. The molecule has 0 fully saturated rings. The summed E-state index contributed by atoms with van der Waals surface area (Å²) in [7, 11) is 0. The van der Waals surface area contributed by atoms with Crippen LogP contribution in [0.4, 0.5) is 11.5 Å². The molecule has 0 spiro atoms. The van der Waals surface area contributed by atoms with Gasteiger partial charge >= 0.3 is 0 Å². The minimum Gasteiger partial charge on any atom is -0.369 e. The monoisotopic (exact) mass is 333 g/mol. The predicted molar refractivity (Wildman–Crippen MR) is 85.1 cm³/mol. The van der Waals surface area contributed by atoms with Gasteiger partial charge in [-0.15, -0.1) is 0 Å². The number of hydrogen-bond donors (Lipinski definition) is 2. The lowest BCUT2D eigenvalue weighted by molar-refractivity contribution is 0.102. The summed E-state index contributed by atoms with van der Waals surface area (Å²) in [6, 6.07) is 11.0. The first-order chi connectivity index (χ1) is 9.70. The van der Waals surface area contributed by atoms with Gasteiger partial charge in [-0.1, -0.05) is 22.9 Å². The van der Waals surface area contributed by atoms with E-state index < -0.39 is 0 Å². The average molecular weight is 334 g/mol. The van der Waals surface area contributed by atoms with Gasteiger partial charge in [0.1, 0.15) is 5.82 Å². The Bertz CT molecular complexity index is 584. The lowest BCUT2D eigenvalue weighted by atomic mass is 10.2. The highest BCUT2D eigenvalue weighted by molar-refractivity contribution is 9.10. The van der Waals surface area contributed by atoms with E-state index in [2.05, 4.69) is 38.5 Å². The topological polar surface area (TPSA) is 54.0 Å². The van der Waals surface area contributed by atoms with Crippen molar-refractivity contribution in [3.05, 3.63) is 52.6 Å². The Morgan fingerprint density at radius 2 is 2.00 bits per heavy atom. The third-order valence-corrected chi connectivity index (χ3v) is 3.23. The second kappa shape index (κ2) is 7.05. The molecule has 20 heavy (non-hydrogen) atoms. The molecule has 104 valence electrons. The first-order valence-corrected chi connectivity index (χ1v) is 7.26. The summed E-state index contributed by atoms with van der Waals surface area (Å²) in [5.41, 5.74) is 1.30. The van der Waals surface area contributed by atoms with Crippen molar-refractivity contribution in [3.63, 3.8) is 0 Å². The largest absolute Gasteiger partial charge is 0.369 e. The Morgan fingerprint density at radius 1 is 1.25 bits per heavy atom. The SMILES string of the molecule is CCCNc1ncccc1C(=O)Nc1ccc(Br)cc1. The summed E-state index contributed by atoms with van der Waals surface area (Å²) in [6.07, 6.45) is 2.65. The van der Waals surface area contributed by atoms with Crippen LogP contribution in [0.1, 0.15) is 23.7 Å². The number of pyridine rings is 1. The summed E-state index contributed by atoms with van der Waals surface area (Å²) in [4.78, 5) is 16.5. The van der Waals surface area contributed by atoms with Gasteiger partial charge in [0.25, 0.3) is 5.91 Å². The molecule has 1 aromatic heterocycles. The molecule has 0 unspecified atom stereocenters. The van der Waals surface area contributed by atoms with Crippen molar-refractivity contribution in [1.29, 1.82) is 0 Å². The molecule has 0 saturated heterocycles. The predicted octanol–water partition coefficient (Wildman–Crippen LogP) is 3.92. The van der Waals surface area contributed by atoms with Crippen molar-refractivity contribution in [2.24, 2.45) is 0 Å². The van der Waals surface area contributed by atoms with Crippen molar-refractivity contribution in [2.75, 3.05) is 17.2 Å². The van der Waals surface area contributed by atoms with E-state index in [1.165, 1.54) is 0 Å². The van der Waals surface area contributed by atoms with Gasteiger partial charge in [0.05, 0.1) is 5.56 Å². The maximum Gasteiger partial charge on any atom is 0.259 e. The highest BCUT2D eigenvalue weighted by Gasteiger charge is 2.11. The number of nitrogens with zero attached hydrogens (tertiary/aromatic N) is 1. The molecule has 0 radical (unpaired) electrons. The fraction of sp³-hybridized carbons (Fsp3) is 0.200. The second-order valence-corrected chi connectivity index (χ2v) is 5.20. The fourth-order valence-corrected chi connectivity index (χ4v) is 1.97. The molecule has 0 aliphatic rings. The van der Waals surface area contributed by atoms with Gasteiger partial charge in [-0.25, -0.2) is 4.98 Å². The van der Waals surface area contributed by atoms with Crippen molar-refractivity contribution >= 4 is 33.3 Å². The van der Waals surface area contributed by atoms with E-state index in [4.69, 9.17) is 0 Å². The number of aromatic nitrogens is 1. The third kappa shape index (κ3) is 3.81. The zero-order valence-electron chi connectivity index (χ0n) is 11.2. The molecule has 2 rings (SSSR count). The number of rotatable bonds is 5. The number of carbonyl (C=O) groups excluding carboxylic acids is 1. The molecule has 0 saturated carbocycles. The highest BCUT2D eigenvalue weighted by Crippen LogP contribution is 2.17. The van der Waals surface area contributed by atoms with E-state index in [1.807, 2.05) is 24.3 Å². The minimum absolute atomic E-state index is 0.168. The maximum atomic E-state index is 12.3. The van der Waals surface area contributed by atoms with Gasteiger partial charge in [0.2, 0.25) is 0 Å². The third-order valence-electron chi connectivity index (χ3n) is 2.70. The van der Waals surface area contributed by atoms with Gasteiger partial charge in [-0.2, -0.15) is 0 Å². The van der Waals surface area contributed by atoms with Crippen LogP contribution in [0.5, 0.6) is 0 Å². The second-order valence-electron chi connectivity index (χ2n) is 4.29. The van der Waals surface area contributed by atoms with Gasteiger partial charge in [0, 0.05) is 22.9 Å². The zero-order chi connectivity index (χ0) is 14.4. The van der Waals surface area contributed by atoms with Crippen LogP contribution < -0.4 is 10.6 Å². The quantitative estimate of drug-likeness (QED) is 0.871. The van der Waals surface area contributed by atoms with Crippen LogP contribution in [0.3, 0.4) is 0 Å². The Balaban J connectivity index is 2.14. The fourth-order valence-electron chi connectivity index (χ4n) is 1.70. The van der Waals surface area contributed by atoms with E-state index in [-0.39, 0.29) is 5.91 Å². The molecule has 1 aromatic carbocycles. The number of nitrogens with one attached hydrogen (secondary N) is 2. The smallest absolute Gasteiger partial charge is 0.259 e. The summed E-state index contributed by atoms with van der Waals surface area (Å²) in [6.45, 7) is 2.85. The molecular weight excluding hydrogens is 318 g/mol. The van der Waals surface area contributed by atoms with Crippen molar-refractivity contribution in [1.82, 2.24) is 4.98 Å². The van der Waals surface area contributed by atoms with E-state index in [1.54, 1.807) is 18.3 Å². The van der Waals surface area contributed by atoms with Crippen molar-refractivity contribution in [3.8, 4) is 0 Å². The first kappa shape index (κ1) is 14.5. The molecule has 2 N–H and O–H groups in total. The van der Waals surface area contributed by atoms with Crippen LogP contribution in [0.15, 0.2) is 47.1 Å². The number of benzene rings is 1. The van der Waals surface area contributed by atoms with Gasteiger partial charge in [-0.05, 0) is 42.8 Å². The molecule has 2 aromatic rings. The summed E-state index contributed by atoms with van der Waals surface area (Å²) < 4.78 is 0.974. The molecule has 5 heteroatoms. The van der Waals surface area contributed by atoms with Crippen LogP contribution in [-0.4, -0.2) is 17.4 Å². The molecule has 0 aliphatic heterocycles. The number of anilines is 2. The zero-order valence-corrected chi connectivity index (χ0v) is 12.8. The first-order valence-electron chi connectivity index (χ1n) is 6.46. The lowest BCUT2D eigenvalue weighted by Gasteiger charge is -2.10. The van der Waals surface area contributed by atoms with Crippen LogP contribution in [0.25, 0.3) is 0 Å². The van der Waals surface area contributed by atoms with Crippen molar-refractivity contribution < 1.29 is 4.79 Å². The molecule has 1 heterocycles. The molecule has 0 aliphatic carbocycles. The number of amides is 1. The van der Waals surface area contributed by atoms with Crippen LogP contribution in [0.2, 0.25) is 0 Å². The molecular formula is C15H16BrN3O. The van der Waals surface area contributed by atoms with Gasteiger partial charge < -0.3 is 10.6 Å². The standard InChI is InChI=1S/C15H16BrN3O/c1-2-9-17-14-13(4-3-10-18-14)15(20)19-12-7-5-11(16)6-8-12/h3-8,10H,2,9H2,1H3,(H,17,18)(H,19,20). The van der Waals surface area contributed by atoms with E-state index in [0.29, 0.717) is 11.4 Å². The van der Waals surface area contributed by atoms with Crippen LogP contribution in [0, 0.1) is 0 Å². The Morgan fingerprint density at radius 3 is 2.70 bits per heavy atom. The van der Waals surface area contributed by atoms with Crippen LogP contribution >= 0.6 is 15.9 Å². The average Bonchev–Trinajstić information content (AvgIpc) is 2.47. The number of halogens is 1. The van der Waals surface area contributed by atoms with Crippen molar-refractivity contribution in [2.45, 2.75) is 13.3 Å². The molecule has 0 atom stereocenters. The highest BCUT2D eigenvalue weighted by atomic mass is 79.9.